The van der Waals surface area contributed by atoms with E-state index >= 15 is 0 Å². The number of rotatable bonds is 9. The van der Waals surface area contributed by atoms with Crippen molar-refractivity contribution in [1.29, 1.82) is 0 Å². The molecule has 0 aliphatic carbocycles. The Morgan fingerprint density at radius 3 is 1.18 bits per heavy atom. The zero-order valence-electron chi connectivity index (χ0n) is 33.9. The van der Waals surface area contributed by atoms with E-state index < -0.39 is 11.9 Å². The highest BCUT2D eigenvalue weighted by Gasteiger charge is 2.22. The van der Waals surface area contributed by atoms with Crippen molar-refractivity contribution in [3.63, 3.8) is 0 Å². The van der Waals surface area contributed by atoms with E-state index in [1.165, 1.54) is 35.8 Å². The largest absolute Gasteiger partial charge is 0.465 e. The third kappa shape index (κ3) is 7.03. The van der Waals surface area contributed by atoms with Gasteiger partial charge >= 0.3 is 11.9 Å². The summed E-state index contributed by atoms with van der Waals surface area (Å²) >= 11 is 0. The summed E-state index contributed by atoms with van der Waals surface area (Å²) in [6.45, 7) is 0. The van der Waals surface area contributed by atoms with E-state index in [1.54, 1.807) is 48.5 Å². The first-order valence-electron chi connectivity index (χ1n) is 20.3. The van der Waals surface area contributed by atoms with Gasteiger partial charge in [-0.25, -0.2) is 9.59 Å². The normalized spacial score (nSPS) is 11.2. The Hall–Kier alpha value is -8.22. The minimum Gasteiger partial charge on any atom is -0.465 e. The molecule has 0 spiro atoms. The first-order chi connectivity index (χ1) is 30.4. The molecule has 0 unspecified atom stereocenters. The summed E-state index contributed by atoms with van der Waals surface area (Å²) in [5, 5.41) is 8.63. The third-order valence-corrected chi connectivity index (χ3v) is 11.4. The van der Waals surface area contributed by atoms with E-state index in [1.807, 2.05) is 12.1 Å². The van der Waals surface area contributed by atoms with Gasteiger partial charge in [-0.2, -0.15) is 0 Å². The molecule has 0 heterocycles. The Bertz CT molecular complexity index is 3110. The second-order valence-electron chi connectivity index (χ2n) is 15.0. The second kappa shape index (κ2) is 16.1. The molecule has 0 amide bonds. The standard InChI is InChI=1S/C56H38O6/c1-59-55(57)37-17-25-43(26-18-37)61-51-31-23-41-33-39(47-15-7-11-35-9-3-5-13-45(35)47)21-29-49(41)53(51)54-50-30-22-40(48-16-8-12-36-10-4-6-14-46(36)48)34-42(50)24-32-52(54)62-44-27-19-38(20-28-44)56(58)60-2/h3-34H,1-2H3. The first kappa shape index (κ1) is 38.0. The van der Waals surface area contributed by atoms with Gasteiger partial charge in [-0.15, -0.1) is 0 Å². The number of fused-ring (bicyclic) bond motifs is 4. The average molecular weight is 807 g/mol. The number of ether oxygens (including phenoxy) is 4. The van der Waals surface area contributed by atoms with Crippen LogP contribution >= 0.6 is 0 Å². The molecule has 10 aromatic rings. The molecule has 0 radical (unpaired) electrons. The highest BCUT2D eigenvalue weighted by Crippen LogP contribution is 2.49. The van der Waals surface area contributed by atoms with Gasteiger partial charge in [0.2, 0.25) is 0 Å². The topological polar surface area (TPSA) is 71.1 Å². The maximum absolute atomic E-state index is 12.3. The molecule has 0 aromatic heterocycles. The number of benzene rings is 10. The monoisotopic (exact) mass is 806 g/mol. The van der Waals surface area contributed by atoms with Gasteiger partial charge in [0.1, 0.15) is 23.0 Å². The van der Waals surface area contributed by atoms with Crippen LogP contribution in [0.25, 0.3) is 76.5 Å². The molecular weight excluding hydrogens is 769 g/mol. The molecule has 0 N–H and O–H groups in total. The number of methoxy groups -OCH3 is 2. The van der Waals surface area contributed by atoms with Crippen LogP contribution in [0.1, 0.15) is 20.7 Å². The number of esters is 2. The maximum Gasteiger partial charge on any atom is 0.337 e. The van der Waals surface area contributed by atoms with Crippen LogP contribution in [0.5, 0.6) is 23.0 Å². The van der Waals surface area contributed by atoms with Crippen molar-refractivity contribution in [3.05, 3.63) is 205 Å². The molecule has 0 saturated carbocycles. The van der Waals surface area contributed by atoms with Crippen LogP contribution in [0, 0.1) is 0 Å². The van der Waals surface area contributed by atoms with Crippen molar-refractivity contribution in [2.24, 2.45) is 0 Å². The lowest BCUT2D eigenvalue weighted by atomic mass is 9.89. The van der Waals surface area contributed by atoms with Gasteiger partial charge in [0.05, 0.1) is 25.3 Å². The highest BCUT2D eigenvalue weighted by molar-refractivity contribution is 6.12. The fraction of sp³-hybridized carbons (Fsp3) is 0.0357. The zero-order valence-corrected chi connectivity index (χ0v) is 33.9. The van der Waals surface area contributed by atoms with Gasteiger partial charge < -0.3 is 18.9 Å². The van der Waals surface area contributed by atoms with Crippen molar-refractivity contribution in [1.82, 2.24) is 0 Å². The van der Waals surface area contributed by atoms with Gasteiger partial charge in [-0.1, -0.05) is 121 Å². The Labute approximate surface area is 358 Å². The average Bonchev–Trinajstić information content (AvgIpc) is 3.33. The van der Waals surface area contributed by atoms with E-state index in [4.69, 9.17) is 18.9 Å². The van der Waals surface area contributed by atoms with Crippen LogP contribution in [-0.4, -0.2) is 26.2 Å². The van der Waals surface area contributed by atoms with Crippen molar-refractivity contribution in [2.75, 3.05) is 14.2 Å². The third-order valence-electron chi connectivity index (χ3n) is 11.4. The van der Waals surface area contributed by atoms with Gasteiger partial charge in [-0.3, -0.25) is 0 Å². The van der Waals surface area contributed by atoms with Crippen molar-refractivity contribution in [2.45, 2.75) is 0 Å². The Balaban J connectivity index is 1.21. The molecule has 10 aromatic carbocycles. The van der Waals surface area contributed by atoms with Crippen molar-refractivity contribution in [3.8, 4) is 56.4 Å². The van der Waals surface area contributed by atoms with Crippen molar-refractivity contribution < 1.29 is 28.5 Å². The number of carbonyl (C=O) groups excluding carboxylic acids is 2. The Kier molecular flexibility index (Phi) is 9.87. The predicted molar refractivity (Wildman–Crippen MR) is 248 cm³/mol. The molecule has 0 bridgehead atoms. The molecule has 10 rings (SSSR count). The number of carbonyl (C=O) groups is 2. The SMILES string of the molecule is COC(=O)c1ccc(Oc2ccc3cc(-c4cccc5ccccc45)ccc3c2-c2c(Oc3ccc(C(=O)OC)cc3)ccc3cc(-c4cccc5ccccc45)ccc23)cc1. The van der Waals surface area contributed by atoms with E-state index in [2.05, 4.69) is 133 Å². The predicted octanol–water partition coefficient (Wildman–Crippen LogP) is 14.5. The van der Waals surface area contributed by atoms with E-state index in [0.29, 0.717) is 34.1 Å². The fourth-order valence-corrected chi connectivity index (χ4v) is 8.40. The molecule has 62 heavy (non-hydrogen) atoms. The molecule has 6 nitrogen and oxygen atoms in total. The summed E-state index contributed by atoms with van der Waals surface area (Å²) < 4.78 is 23.5. The van der Waals surface area contributed by atoms with Crippen LogP contribution < -0.4 is 9.47 Å². The molecule has 0 saturated heterocycles. The lowest BCUT2D eigenvalue weighted by Gasteiger charge is -2.20. The van der Waals surface area contributed by atoms with E-state index in [-0.39, 0.29) is 0 Å². The minimum absolute atomic E-state index is 0.421. The van der Waals surface area contributed by atoms with Crippen LogP contribution in [0.15, 0.2) is 194 Å². The molecule has 0 aliphatic heterocycles. The van der Waals surface area contributed by atoms with Crippen LogP contribution in [-0.2, 0) is 9.47 Å². The molecule has 6 heteroatoms. The molecule has 298 valence electrons. The van der Waals surface area contributed by atoms with Gasteiger partial charge in [0, 0.05) is 11.1 Å². The first-order valence-corrected chi connectivity index (χ1v) is 20.3. The molecule has 0 fully saturated rings. The maximum atomic E-state index is 12.3. The summed E-state index contributed by atoms with van der Waals surface area (Å²) in [5.41, 5.74) is 6.96. The molecular formula is C56H38O6. The summed E-state index contributed by atoms with van der Waals surface area (Å²) in [4.78, 5) is 24.7. The Morgan fingerprint density at radius 1 is 0.355 bits per heavy atom. The van der Waals surface area contributed by atoms with Crippen molar-refractivity contribution >= 4 is 55.0 Å². The smallest absolute Gasteiger partial charge is 0.337 e. The minimum atomic E-state index is -0.426. The highest BCUT2D eigenvalue weighted by atomic mass is 16.5. The summed E-state index contributed by atoms with van der Waals surface area (Å²) in [5.74, 6) is 1.43. The number of hydrogen-bond donors (Lipinski definition) is 0. The van der Waals surface area contributed by atoms with E-state index in [0.717, 1.165) is 54.9 Å². The van der Waals surface area contributed by atoms with Gasteiger partial charge in [-0.05, 0) is 138 Å². The summed E-state index contributed by atoms with van der Waals surface area (Å²) in [6, 6.07) is 64.8. The van der Waals surface area contributed by atoms with Crippen LogP contribution in [0.4, 0.5) is 0 Å². The second-order valence-corrected chi connectivity index (χ2v) is 15.0. The van der Waals surface area contributed by atoms with Crippen LogP contribution in [0.2, 0.25) is 0 Å². The summed E-state index contributed by atoms with van der Waals surface area (Å²) in [6.07, 6.45) is 0. The van der Waals surface area contributed by atoms with Gasteiger partial charge in [0.15, 0.2) is 0 Å². The van der Waals surface area contributed by atoms with E-state index in [9.17, 15) is 9.59 Å². The van der Waals surface area contributed by atoms with Crippen LogP contribution in [0.3, 0.4) is 0 Å². The van der Waals surface area contributed by atoms with Gasteiger partial charge in [0.25, 0.3) is 0 Å². The lowest BCUT2D eigenvalue weighted by molar-refractivity contribution is 0.0592. The molecule has 0 aliphatic rings. The lowest BCUT2D eigenvalue weighted by Crippen LogP contribution is -2.01. The number of hydrogen-bond acceptors (Lipinski definition) is 6. The fourth-order valence-electron chi connectivity index (χ4n) is 8.40. The quantitative estimate of drug-likeness (QED) is 0.135. The zero-order chi connectivity index (χ0) is 42.2. The molecule has 0 atom stereocenters. The summed E-state index contributed by atoms with van der Waals surface area (Å²) in [7, 11) is 2.73. The Morgan fingerprint density at radius 2 is 0.758 bits per heavy atom.